The normalized spacial score (nSPS) is 16.0. The zero-order valence-corrected chi connectivity index (χ0v) is 10.1. The minimum atomic E-state index is -0.381. The third-order valence-corrected chi connectivity index (χ3v) is 3.18. The molecule has 0 aliphatic carbocycles. The lowest BCUT2D eigenvalue weighted by Crippen LogP contribution is -2.46. The Morgan fingerprint density at radius 2 is 2.12 bits per heavy atom. The lowest BCUT2D eigenvalue weighted by Gasteiger charge is -2.27. The summed E-state index contributed by atoms with van der Waals surface area (Å²) in [5.74, 6) is -0.339. The molecule has 0 atom stereocenters. The fraction of sp³-hybridized carbons (Fsp3) is 0.417. The summed E-state index contributed by atoms with van der Waals surface area (Å²) in [7, 11) is 0. The van der Waals surface area contributed by atoms with Crippen molar-refractivity contribution in [2.45, 2.75) is 6.42 Å². The van der Waals surface area contributed by atoms with Crippen LogP contribution in [0, 0.1) is 5.82 Å². The van der Waals surface area contributed by atoms with E-state index >= 15 is 0 Å². The number of piperazine rings is 1. The van der Waals surface area contributed by atoms with Gasteiger partial charge in [0.25, 0.3) is 0 Å². The summed E-state index contributed by atoms with van der Waals surface area (Å²) in [5, 5.41) is 3.50. The third-order valence-electron chi connectivity index (χ3n) is 2.83. The highest BCUT2D eigenvalue weighted by Gasteiger charge is 2.17. The summed E-state index contributed by atoms with van der Waals surface area (Å²) in [6.45, 7) is 3.08. The number of halogens is 2. The van der Waals surface area contributed by atoms with Gasteiger partial charge in [-0.05, 0) is 17.7 Å². The number of nitrogens with one attached hydrogen (secondary N) is 1. The molecule has 1 aromatic carbocycles. The third kappa shape index (κ3) is 3.17. The molecule has 3 nitrogen and oxygen atoms in total. The zero-order chi connectivity index (χ0) is 12.3. The van der Waals surface area contributed by atoms with E-state index in [1.54, 1.807) is 11.0 Å². The zero-order valence-electron chi connectivity index (χ0n) is 9.38. The van der Waals surface area contributed by atoms with Gasteiger partial charge in [-0.15, -0.1) is 0 Å². The van der Waals surface area contributed by atoms with Crippen molar-refractivity contribution >= 4 is 17.5 Å². The van der Waals surface area contributed by atoms with Crippen LogP contribution in [0.5, 0.6) is 0 Å². The Balaban J connectivity index is 2.02. The van der Waals surface area contributed by atoms with Crippen LogP contribution in [0.15, 0.2) is 18.2 Å². The number of hydrogen-bond donors (Lipinski definition) is 1. The van der Waals surface area contributed by atoms with E-state index in [0.717, 1.165) is 26.2 Å². The van der Waals surface area contributed by atoms with Gasteiger partial charge in [-0.25, -0.2) is 4.39 Å². The maximum atomic E-state index is 12.9. The molecule has 1 amide bonds. The molecule has 1 saturated heterocycles. The van der Waals surface area contributed by atoms with Crippen LogP contribution in [-0.4, -0.2) is 37.0 Å². The molecule has 5 heteroatoms. The van der Waals surface area contributed by atoms with Crippen molar-refractivity contribution in [3.8, 4) is 0 Å². The molecule has 1 aliphatic rings. The number of carbonyl (C=O) groups excluding carboxylic acids is 1. The van der Waals surface area contributed by atoms with Crippen LogP contribution in [0.1, 0.15) is 5.56 Å². The smallest absolute Gasteiger partial charge is 0.227 e. The van der Waals surface area contributed by atoms with E-state index in [4.69, 9.17) is 11.6 Å². The first-order valence-corrected chi connectivity index (χ1v) is 5.97. The van der Waals surface area contributed by atoms with E-state index in [1.807, 2.05) is 0 Å². The largest absolute Gasteiger partial charge is 0.340 e. The first-order chi connectivity index (χ1) is 8.16. The molecule has 92 valence electrons. The fourth-order valence-corrected chi connectivity index (χ4v) is 2.09. The van der Waals surface area contributed by atoms with Crippen LogP contribution in [0.3, 0.4) is 0 Å². The van der Waals surface area contributed by atoms with Crippen molar-refractivity contribution in [2.24, 2.45) is 0 Å². The highest BCUT2D eigenvalue weighted by Crippen LogP contribution is 2.18. The van der Waals surface area contributed by atoms with Gasteiger partial charge in [-0.3, -0.25) is 4.79 Å². The number of benzene rings is 1. The van der Waals surface area contributed by atoms with Crippen LogP contribution in [0.2, 0.25) is 5.02 Å². The molecule has 2 rings (SSSR count). The monoisotopic (exact) mass is 256 g/mol. The SMILES string of the molecule is O=C(Cc1ccc(F)cc1Cl)N1CCNCC1. The maximum absolute atomic E-state index is 12.9. The second-order valence-electron chi connectivity index (χ2n) is 4.04. The number of carbonyl (C=O) groups is 1. The van der Waals surface area contributed by atoms with E-state index in [9.17, 15) is 9.18 Å². The van der Waals surface area contributed by atoms with E-state index in [1.165, 1.54) is 12.1 Å². The number of rotatable bonds is 2. The van der Waals surface area contributed by atoms with Crippen molar-refractivity contribution in [1.82, 2.24) is 10.2 Å². The standard InChI is InChI=1S/C12H14ClFN2O/c13-11-8-10(14)2-1-9(11)7-12(17)16-5-3-15-4-6-16/h1-2,8,15H,3-7H2. The van der Waals surface area contributed by atoms with Crippen molar-refractivity contribution in [2.75, 3.05) is 26.2 Å². The Hall–Kier alpha value is -1.13. The quantitative estimate of drug-likeness (QED) is 0.869. The van der Waals surface area contributed by atoms with E-state index in [0.29, 0.717) is 10.6 Å². The van der Waals surface area contributed by atoms with E-state index in [-0.39, 0.29) is 18.1 Å². The lowest BCUT2D eigenvalue weighted by atomic mass is 10.1. The summed E-state index contributed by atoms with van der Waals surface area (Å²) in [6, 6.07) is 4.13. The topological polar surface area (TPSA) is 32.3 Å². The second-order valence-corrected chi connectivity index (χ2v) is 4.45. The summed E-state index contributed by atoms with van der Waals surface area (Å²) < 4.78 is 12.9. The molecular formula is C12H14ClFN2O. The molecule has 0 aromatic heterocycles. The minimum Gasteiger partial charge on any atom is -0.340 e. The van der Waals surface area contributed by atoms with Gasteiger partial charge >= 0.3 is 0 Å². The van der Waals surface area contributed by atoms with Crippen LogP contribution in [-0.2, 0) is 11.2 Å². The Bertz CT molecular complexity index is 419. The Morgan fingerprint density at radius 1 is 1.41 bits per heavy atom. The molecule has 1 aliphatic heterocycles. The van der Waals surface area contributed by atoms with Gasteiger partial charge in [0, 0.05) is 31.2 Å². The van der Waals surface area contributed by atoms with E-state index < -0.39 is 0 Å². The van der Waals surface area contributed by atoms with Crippen molar-refractivity contribution in [3.05, 3.63) is 34.6 Å². The molecular weight excluding hydrogens is 243 g/mol. The molecule has 1 aromatic rings. The maximum Gasteiger partial charge on any atom is 0.227 e. The minimum absolute atomic E-state index is 0.0417. The summed E-state index contributed by atoms with van der Waals surface area (Å²) in [6.07, 6.45) is 0.235. The predicted molar refractivity (Wildman–Crippen MR) is 64.6 cm³/mol. The molecule has 0 radical (unpaired) electrons. The van der Waals surface area contributed by atoms with Gasteiger partial charge in [-0.1, -0.05) is 17.7 Å². The second kappa shape index (κ2) is 5.47. The van der Waals surface area contributed by atoms with Crippen LogP contribution in [0.25, 0.3) is 0 Å². The summed E-state index contributed by atoms with van der Waals surface area (Å²) >= 11 is 5.89. The van der Waals surface area contributed by atoms with Gasteiger partial charge in [0.1, 0.15) is 5.82 Å². The molecule has 0 bridgehead atoms. The number of nitrogens with zero attached hydrogens (tertiary/aromatic N) is 1. The first-order valence-electron chi connectivity index (χ1n) is 5.59. The van der Waals surface area contributed by atoms with Gasteiger partial charge in [-0.2, -0.15) is 0 Å². The van der Waals surface area contributed by atoms with Crippen molar-refractivity contribution in [3.63, 3.8) is 0 Å². The van der Waals surface area contributed by atoms with Crippen LogP contribution < -0.4 is 5.32 Å². The Kier molecular flexibility index (Phi) is 3.97. The predicted octanol–water partition coefficient (Wildman–Crippen LogP) is 1.45. The van der Waals surface area contributed by atoms with Gasteiger partial charge in [0.2, 0.25) is 5.91 Å². The van der Waals surface area contributed by atoms with Gasteiger partial charge in [0.15, 0.2) is 0 Å². The number of amides is 1. The van der Waals surface area contributed by atoms with Crippen molar-refractivity contribution < 1.29 is 9.18 Å². The fourth-order valence-electron chi connectivity index (χ4n) is 1.85. The molecule has 0 saturated carbocycles. The molecule has 0 spiro atoms. The highest BCUT2D eigenvalue weighted by atomic mass is 35.5. The van der Waals surface area contributed by atoms with Crippen LogP contribution in [0.4, 0.5) is 4.39 Å². The number of hydrogen-bond acceptors (Lipinski definition) is 2. The van der Waals surface area contributed by atoms with Gasteiger partial charge < -0.3 is 10.2 Å². The first kappa shape index (κ1) is 12.3. The Morgan fingerprint density at radius 3 is 2.76 bits per heavy atom. The van der Waals surface area contributed by atoms with Gasteiger partial charge in [0.05, 0.1) is 6.42 Å². The lowest BCUT2D eigenvalue weighted by molar-refractivity contribution is -0.131. The summed E-state index contributed by atoms with van der Waals surface area (Å²) in [4.78, 5) is 13.8. The Labute approximate surface area is 105 Å². The average Bonchev–Trinajstić information content (AvgIpc) is 2.34. The average molecular weight is 257 g/mol. The highest BCUT2D eigenvalue weighted by molar-refractivity contribution is 6.31. The van der Waals surface area contributed by atoms with E-state index in [2.05, 4.69) is 5.32 Å². The molecule has 1 fully saturated rings. The molecule has 1 N–H and O–H groups in total. The molecule has 17 heavy (non-hydrogen) atoms. The van der Waals surface area contributed by atoms with Crippen LogP contribution >= 0.6 is 11.6 Å². The molecule has 0 unspecified atom stereocenters. The van der Waals surface area contributed by atoms with Crippen molar-refractivity contribution in [1.29, 1.82) is 0 Å². The molecule has 1 heterocycles. The summed E-state index contributed by atoms with van der Waals surface area (Å²) in [5.41, 5.74) is 0.677.